The fourth-order valence-corrected chi connectivity index (χ4v) is 4.17. The fourth-order valence-electron chi connectivity index (χ4n) is 4.17. The number of aromatic nitrogens is 3. The number of nitrogens with zero attached hydrogens (tertiary/aromatic N) is 5. The lowest BCUT2D eigenvalue weighted by Crippen LogP contribution is -2.48. The SMILES string of the molecule is CC(=O)N1CCN(c2nc(N[C@H](C)c3ccc(OC(F)F)cc3)c3cn(C(C)C)c(O)c3n2)CC1. The molecule has 0 aliphatic carbocycles. The minimum atomic E-state index is -2.88. The van der Waals surface area contributed by atoms with Crippen molar-refractivity contribution >= 4 is 28.6 Å². The molecule has 1 aliphatic rings. The van der Waals surface area contributed by atoms with Crippen molar-refractivity contribution in [3.05, 3.63) is 36.0 Å². The van der Waals surface area contributed by atoms with E-state index in [4.69, 9.17) is 4.98 Å². The molecule has 1 saturated heterocycles. The maximum Gasteiger partial charge on any atom is 0.387 e. The summed E-state index contributed by atoms with van der Waals surface area (Å²) in [6.45, 7) is 6.85. The van der Waals surface area contributed by atoms with Gasteiger partial charge in [0.2, 0.25) is 17.7 Å². The predicted octanol–water partition coefficient (Wildman–Crippen LogP) is 4.16. The summed E-state index contributed by atoms with van der Waals surface area (Å²) < 4.78 is 31.1. The molecular weight excluding hydrogens is 458 g/mol. The van der Waals surface area contributed by atoms with E-state index in [2.05, 4.69) is 15.0 Å². The molecule has 0 saturated carbocycles. The Hall–Kier alpha value is -3.63. The summed E-state index contributed by atoms with van der Waals surface area (Å²) in [7, 11) is 0. The average Bonchev–Trinajstić information content (AvgIpc) is 3.16. The smallest absolute Gasteiger partial charge is 0.387 e. The van der Waals surface area contributed by atoms with Gasteiger partial charge in [0, 0.05) is 51.4 Å². The van der Waals surface area contributed by atoms with Crippen molar-refractivity contribution in [2.45, 2.75) is 46.4 Å². The lowest BCUT2D eigenvalue weighted by Gasteiger charge is -2.34. The molecule has 188 valence electrons. The van der Waals surface area contributed by atoms with E-state index in [0.29, 0.717) is 48.8 Å². The number of piperazine rings is 1. The van der Waals surface area contributed by atoms with Crippen LogP contribution in [0.25, 0.3) is 10.9 Å². The van der Waals surface area contributed by atoms with E-state index in [0.717, 1.165) is 5.56 Å². The quantitative estimate of drug-likeness (QED) is 0.516. The maximum absolute atomic E-state index is 12.5. The number of fused-ring (bicyclic) bond motifs is 1. The lowest BCUT2D eigenvalue weighted by atomic mass is 10.1. The summed E-state index contributed by atoms with van der Waals surface area (Å²) in [5.74, 6) is 1.20. The molecule has 0 radical (unpaired) electrons. The van der Waals surface area contributed by atoms with E-state index in [1.807, 2.05) is 31.9 Å². The standard InChI is InChI=1S/C24H30F2N6O3/c1-14(2)32-13-19-20(22(32)34)28-24(31-11-9-30(10-12-31)16(4)33)29-21(19)27-15(3)17-5-7-18(8-6-17)35-23(25)26/h5-8,13-15,23,34H,9-12H2,1-4H3,(H,27,28,29)/t15-/m1/s1. The second-order valence-corrected chi connectivity index (χ2v) is 8.89. The average molecular weight is 489 g/mol. The van der Waals surface area contributed by atoms with Gasteiger partial charge in [-0.3, -0.25) is 4.79 Å². The molecule has 11 heteroatoms. The van der Waals surface area contributed by atoms with Crippen molar-refractivity contribution in [1.82, 2.24) is 19.4 Å². The Kier molecular flexibility index (Phi) is 6.95. The van der Waals surface area contributed by atoms with Crippen LogP contribution in [0.1, 0.15) is 45.3 Å². The van der Waals surface area contributed by atoms with Gasteiger partial charge in [-0.25, -0.2) is 4.98 Å². The van der Waals surface area contributed by atoms with Crippen molar-refractivity contribution in [1.29, 1.82) is 0 Å². The van der Waals surface area contributed by atoms with Gasteiger partial charge in [0.1, 0.15) is 17.1 Å². The van der Waals surface area contributed by atoms with E-state index in [-0.39, 0.29) is 29.6 Å². The summed E-state index contributed by atoms with van der Waals surface area (Å²) in [5.41, 5.74) is 1.29. The molecule has 0 spiro atoms. The zero-order valence-electron chi connectivity index (χ0n) is 20.2. The third-order valence-electron chi connectivity index (χ3n) is 6.18. The lowest BCUT2D eigenvalue weighted by molar-refractivity contribution is -0.129. The Labute approximate surface area is 202 Å². The molecular formula is C24H30F2N6O3. The molecule has 4 rings (SSSR count). The summed E-state index contributed by atoms with van der Waals surface area (Å²) in [6.07, 6.45) is 1.82. The number of anilines is 2. The topological polar surface area (TPSA) is 95.8 Å². The van der Waals surface area contributed by atoms with Crippen molar-refractivity contribution in [3.8, 4) is 11.6 Å². The van der Waals surface area contributed by atoms with Gasteiger partial charge in [-0.1, -0.05) is 12.1 Å². The second-order valence-electron chi connectivity index (χ2n) is 8.89. The maximum atomic E-state index is 12.5. The number of hydrogen-bond donors (Lipinski definition) is 2. The van der Waals surface area contributed by atoms with E-state index in [9.17, 15) is 18.7 Å². The second kappa shape index (κ2) is 9.93. The Morgan fingerprint density at radius 1 is 1.09 bits per heavy atom. The summed E-state index contributed by atoms with van der Waals surface area (Å²) in [4.78, 5) is 24.9. The number of halogens is 2. The van der Waals surface area contributed by atoms with Gasteiger partial charge in [0.15, 0.2) is 0 Å². The van der Waals surface area contributed by atoms with Crippen LogP contribution >= 0.6 is 0 Å². The number of hydrogen-bond acceptors (Lipinski definition) is 7. The van der Waals surface area contributed by atoms with Crippen LogP contribution in [0.4, 0.5) is 20.5 Å². The van der Waals surface area contributed by atoms with Gasteiger partial charge in [0.05, 0.1) is 5.39 Å². The van der Waals surface area contributed by atoms with Crippen molar-refractivity contribution in [3.63, 3.8) is 0 Å². The van der Waals surface area contributed by atoms with Crippen LogP contribution in [-0.4, -0.2) is 63.2 Å². The van der Waals surface area contributed by atoms with Gasteiger partial charge in [-0.15, -0.1) is 0 Å². The Morgan fingerprint density at radius 2 is 1.74 bits per heavy atom. The molecule has 2 aromatic heterocycles. The molecule has 1 amide bonds. The van der Waals surface area contributed by atoms with Crippen molar-refractivity contribution < 1.29 is 23.4 Å². The van der Waals surface area contributed by atoms with Crippen LogP contribution in [0.3, 0.4) is 0 Å². The molecule has 9 nitrogen and oxygen atoms in total. The zero-order chi connectivity index (χ0) is 25.3. The molecule has 3 aromatic rings. The molecule has 1 atom stereocenters. The van der Waals surface area contributed by atoms with Gasteiger partial charge < -0.3 is 29.5 Å². The number of aromatic hydroxyl groups is 1. The zero-order valence-corrected chi connectivity index (χ0v) is 20.2. The first-order valence-electron chi connectivity index (χ1n) is 11.6. The molecule has 1 aliphatic heterocycles. The van der Waals surface area contributed by atoms with Crippen LogP contribution in [-0.2, 0) is 4.79 Å². The van der Waals surface area contributed by atoms with Crippen molar-refractivity contribution in [2.75, 3.05) is 36.4 Å². The Bertz CT molecular complexity index is 1190. The van der Waals surface area contributed by atoms with Gasteiger partial charge in [-0.2, -0.15) is 13.8 Å². The number of rotatable bonds is 7. The Morgan fingerprint density at radius 3 is 2.31 bits per heavy atom. The third kappa shape index (κ3) is 5.23. The van der Waals surface area contributed by atoms with Gasteiger partial charge in [-0.05, 0) is 38.5 Å². The largest absolute Gasteiger partial charge is 0.493 e. The fraction of sp³-hybridized carbons (Fsp3) is 0.458. The molecule has 35 heavy (non-hydrogen) atoms. The molecule has 3 heterocycles. The first-order chi connectivity index (χ1) is 16.6. The highest BCUT2D eigenvalue weighted by Crippen LogP contribution is 2.35. The minimum absolute atomic E-state index is 0.0133. The van der Waals surface area contributed by atoms with Crippen LogP contribution < -0.4 is 15.0 Å². The van der Waals surface area contributed by atoms with Crippen LogP contribution in [0.5, 0.6) is 11.6 Å². The van der Waals surface area contributed by atoms with E-state index >= 15 is 0 Å². The van der Waals surface area contributed by atoms with Crippen LogP contribution in [0.2, 0.25) is 0 Å². The number of alkyl halides is 2. The molecule has 0 unspecified atom stereocenters. The van der Waals surface area contributed by atoms with Crippen LogP contribution in [0, 0.1) is 0 Å². The first-order valence-corrected chi connectivity index (χ1v) is 11.6. The van der Waals surface area contributed by atoms with E-state index in [1.54, 1.807) is 28.5 Å². The monoisotopic (exact) mass is 488 g/mol. The number of carbonyl (C=O) groups excluding carboxylic acids is 1. The molecule has 1 aromatic carbocycles. The van der Waals surface area contributed by atoms with Gasteiger partial charge >= 0.3 is 6.61 Å². The normalized spacial score (nSPS) is 15.2. The summed E-state index contributed by atoms with van der Waals surface area (Å²) in [5, 5.41) is 14.9. The third-order valence-corrected chi connectivity index (χ3v) is 6.18. The van der Waals surface area contributed by atoms with Crippen molar-refractivity contribution in [2.24, 2.45) is 0 Å². The summed E-state index contributed by atoms with van der Waals surface area (Å²) >= 11 is 0. The van der Waals surface area contributed by atoms with E-state index < -0.39 is 6.61 Å². The molecule has 1 fully saturated rings. The highest BCUT2D eigenvalue weighted by molar-refractivity contribution is 5.94. The van der Waals surface area contributed by atoms with Crippen LogP contribution in [0.15, 0.2) is 30.5 Å². The number of carbonyl (C=O) groups is 1. The number of amides is 1. The highest BCUT2D eigenvalue weighted by Gasteiger charge is 2.24. The number of nitrogens with one attached hydrogen (secondary N) is 1. The first kappa shape index (κ1) is 24.5. The minimum Gasteiger partial charge on any atom is -0.493 e. The number of benzene rings is 1. The van der Waals surface area contributed by atoms with Gasteiger partial charge in [0.25, 0.3) is 0 Å². The van der Waals surface area contributed by atoms with E-state index in [1.165, 1.54) is 12.1 Å². The predicted molar refractivity (Wildman–Crippen MR) is 129 cm³/mol. The Balaban J connectivity index is 1.66. The molecule has 2 N–H and O–H groups in total. The number of ether oxygens (including phenoxy) is 1. The highest BCUT2D eigenvalue weighted by atomic mass is 19.3. The molecule has 0 bridgehead atoms. The summed E-state index contributed by atoms with van der Waals surface area (Å²) in [6, 6.07) is 6.21.